The second-order valence-electron chi connectivity index (χ2n) is 8.01. The van der Waals surface area contributed by atoms with Gasteiger partial charge in [0.25, 0.3) is 5.91 Å². The van der Waals surface area contributed by atoms with Crippen LogP contribution in [0.5, 0.6) is 0 Å². The Morgan fingerprint density at radius 1 is 1.00 bits per heavy atom. The van der Waals surface area contributed by atoms with E-state index in [1.165, 1.54) is 4.90 Å². The Morgan fingerprint density at radius 3 is 2.39 bits per heavy atom. The van der Waals surface area contributed by atoms with E-state index in [9.17, 15) is 18.0 Å². The van der Waals surface area contributed by atoms with E-state index >= 15 is 0 Å². The number of para-hydroxylation sites is 1. The quantitative estimate of drug-likeness (QED) is 0.657. The lowest BCUT2D eigenvalue weighted by atomic mass is 10.1. The molecule has 2 aromatic carbocycles. The minimum Gasteiger partial charge on any atom is -0.339 e. The monoisotopic (exact) mass is 442 g/mol. The van der Waals surface area contributed by atoms with Crippen LogP contribution in [-0.4, -0.2) is 50.5 Å². The van der Waals surface area contributed by atoms with Crippen LogP contribution in [0.2, 0.25) is 0 Å². The van der Waals surface area contributed by atoms with E-state index in [0.717, 1.165) is 43.6 Å². The molecule has 0 bridgehead atoms. The molecule has 3 rings (SSSR count). The van der Waals surface area contributed by atoms with E-state index < -0.39 is 21.5 Å². The maximum atomic E-state index is 12.8. The van der Waals surface area contributed by atoms with Gasteiger partial charge in [-0.1, -0.05) is 30.3 Å². The molecule has 0 aliphatic carbocycles. The van der Waals surface area contributed by atoms with Gasteiger partial charge in [0, 0.05) is 30.9 Å². The highest BCUT2D eigenvalue weighted by atomic mass is 32.2. The van der Waals surface area contributed by atoms with Crippen molar-refractivity contribution in [1.29, 1.82) is 0 Å². The van der Waals surface area contributed by atoms with Crippen molar-refractivity contribution in [2.24, 2.45) is 0 Å². The number of aryl methyl sites for hydroxylation is 1. The number of sulfone groups is 1. The molecule has 0 spiro atoms. The molecule has 1 heterocycles. The van der Waals surface area contributed by atoms with E-state index in [4.69, 9.17) is 0 Å². The predicted octanol–water partition coefficient (Wildman–Crippen LogP) is 3.59. The number of nitrogens with zero attached hydrogens (tertiary/aromatic N) is 2. The van der Waals surface area contributed by atoms with Gasteiger partial charge in [-0.2, -0.15) is 0 Å². The van der Waals surface area contributed by atoms with Crippen molar-refractivity contribution in [2.75, 3.05) is 30.3 Å². The third kappa shape index (κ3) is 5.94. The van der Waals surface area contributed by atoms with Gasteiger partial charge in [-0.05, 0) is 62.4 Å². The summed E-state index contributed by atoms with van der Waals surface area (Å²) in [5, 5.41) is 0. The molecule has 31 heavy (non-hydrogen) atoms. The highest BCUT2D eigenvalue weighted by Crippen LogP contribution is 2.21. The molecule has 0 N–H and O–H groups in total. The first-order valence-corrected chi connectivity index (χ1v) is 12.6. The minimum absolute atomic E-state index is 0.0632. The molecule has 2 aromatic rings. The maximum absolute atomic E-state index is 12.8. The van der Waals surface area contributed by atoms with Crippen LogP contribution in [0.15, 0.2) is 48.5 Å². The van der Waals surface area contributed by atoms with E-state index in [1.54, 1.807) is 24.3 Å². The fourth-order valence-electron chi connectivity index (χ4n) is 3.99. The van der Waals surface area contributed by atoms with Gasteiger partial charge in [0.05, 0.1) is 5.75 Å². The Kier molecular flexibility index (Phi) is 7.49. The van der Waals surface area contributed by atoms with Gasteiger partial charge in [0.2, 0.25) is 5.91 Å². The van der Waals surface area contributed by atoms with Gasteiger partial charge >= 0.3 is 0 Å². The van der Waals surface area contributed by atoms with Crippen molar-refractivity contribution in [2.45, 2.75) is 38.9 Å². The summed E-state index contributed by atoms with van der Waals surface area (Å²) >= 11 is 0. The molecule has 1 aliphatic rings. The number of carbonyl (C=O) groups excluding carboxylic acids is 2. The lowest BCUT2D eigenvalue weighted by Crippen LogP contribution is -2.36. The van der Waals surface area contributed by atoms with Crippen molar-refractivity contribution in [3.63, 3.8) is 0 Å². The summed E-state index contributed by atoms with van der Waals surface area (Å²) in [6.07, 6.45) is 3.13. The van der Waals surface area contributed by atoms with Gasteiger partial charge in [0.15, 0.2) is 9.84 Å². The number of rotatable bonds is 7. The Bertz CT molecular complexity index is 1040. The zero-order valence-electron chi connectivity index (χ0n) is 18.2. The smallest absolute Gasteiger partial charge is 0.253 e. The zero-order valence-corrected chi connectivity index (χ0v) is 19.0. The van der Waals surface area contributed by atoms with Crippen molar-refractivity contribution in [3.05, 3.63) is 65.2 Å². The summed E-state index contributed by atoms with van der Waals surface area (Å²) in [5.74, 6) is -1.35. The first kappa shape index (κ1) is 23.0. The molecule has 1 fully saturated rings. The van der Waals surface area contributed by atoms with Crippen LogP contribution in [0.4, 0.5) is 5.69 Å². The summed E-state index contributed by atoms with van der Waals surface area (Å²) in [5.41, 5.74) is 2.66. The van der Waals surface area contributed by atoms with Crippen LogP contribution in [0.3, 0.4) is 0 Å². The van der Waals surface area contributed by atoms with Crippen LogP contribution in [0, 0.1) is 6.92 Å². The third-order valence-electron chi connectivity index (χ3n) is 5.57. The molecule has 1 aliphatic heterocycles. The second kappa shape index (κ2) is 10.1. The van der Waals surface area contributed by atoms with E-state index in [-0.39, 0.29) is 11.7 Å². The third-order valence-corrected chi connectivity index (χ3v) is 7.03. The van der Waals surface area contributed by atoms with Gasteiger partial charge in [0.1, 0.15) is 5.75 Å². The summed E-state index contributed by atoms with van der Waals surface area (Å²) in [7, 11) is -3.69. The summed E-state index contributed by atoms with van der Waals surface area (Å²) < 4.78 is 25.6. The highest BCUT2D eigenvalue weighted by molar-refractivity contribution is 7.91. The molecule has 1 saturated heterocycles. The number of carbonyl (C=O) groups is 2. The molecule has 2 amide bonds. The Hall–Kier alpha value is -2.67. The summed E-state index contributed by atoms with van der Waals surface area (Å²) in [6, 6.07) is 14.2. The standard InChI is InChI=1S/C24H30N2O4S/c1-3-26(22-13-6-5-10-19(22)2)23(27)18-31(29,30)17-20-11-9-12-21(16-20)24(28)25-14-7-4-8-15-25/h5-6,9-13,16H,3-4,7-8,14-15,17-18H2,1-2H3. The largest absolute Gasteiger partial charge is 0.339 e. The molecule has 0 aromatic heterocycles. The van der Waals surface area contributed by atoms with E-state index in [0.29, 0.717) is 17.7 Å². The number of likely N-dealkylation sites (tertiary alicyclic amines) is 1. The molecular formula is C24H30N2O4S. The van der Waals surface area contributed by atoms with Crippen molar-refractivity contribution in [3.8, 4) is 0 Å². The normalized spacial score (nSPS) is 14.3. The fraction of sp³-hybridized carbons (Fsp3) is 0.417. The molecule has 166 valence electrons. The van der Waals surface area contributed by atoms with Crippen LogP contribution in [0.25, 0.3) is 0 Å². The van der Waals surface area contributed by atoms with Crippen LogP contribution in [0.1, 0.15) is 47.7 Å². The number of anilines is 1. The number of benzene rings is 2. The molecule has 6 nitrogen and oxygen atoms in total. The second-order valence-corrected chi connectivity index (χ2v) is 10.1. The van der Waals surface area contributed by atoms with Crippen molar-refractivity contribution < 1.29 is 18.0 Å². The maximum Gasteiger partial charge on any atom is 0.253 e. The molecular weight excluding hydrogens is 412 g/mol. The average Bonchev–Trinajstić information content (AvgIpc) is 2.75. The van der Waals surface area contributed by atoms with Crippen LogP contribution < -0.4 is 4.90 Å². The molecule has 0 radical (unpaired) electrons. The van der Waals surface area contributed by atoms with Gasteiger partial charge in [-0.15, -0.1) is 0 Å². The SMILES string of the molecule is CCN(C(=O)CS(=O)(=O)Cc1cccc(C(=O)N2CCCCC2)c1)c1ccccc1C. The zero-order chi connectivity index (χ0) is 22.4. The molecule has 7 heteroatoms. The van der Waals surface area contributed by atoms with Crippen molar-refractivity contribution in [1.82, 2.24) is 4.90 Å². The van der Waals surface area contributed by atoms with Crippen molar-refractivity contribution >= 4 is 27.3 Å². The number of hydrogen-bond donors (Lipinski definition) is 0. The number of hydrogen-bond acceptors (Lipinski definition) is 4. The molecule has 0 atom stereocenters. The lowest BCUT2D eigenvalue weighted by Gasteiger charge is -2.26. The first-order chi connectivity index (χ1) is 14.8. The molecule has 0 saturated carbocycles. The Balaban J connectivity index is 1.71. The van der Waals surface area contributed by atoms with Gasteiger partial charge in [-0.3, -0.25) is 9.59 Å². The number of amides is 2. The fourth-order valence-corrected chi connectivity index (χ4v) is 5.31. The van der Waals surface area contributed by atoms with E-state index in [1.807, 2.05) is 43.0 Å². The lowest BCUT2D eigenvalue weighted by molar-refractivity contribution is -0.116. The average molecular weight is 443 g/mol. The Labute approximate surface area is 184 Å². The van der Waals surface area contributed by atoms with Crippen LogP contribution >= 0.6 is 0 Å². The number of piperidine rings is 1. The minimum atomic E-state index is -3.69. The van der Waals surface area contributed by atoms with Crippen LogP contribution in [-0.2, 0) is 20.4 Å². The van der Waals surface area contributed by atoms with Gasteiger partial charge in [-0.25, -0.2) is 8.42 Å². The van der Waals surface area contributed by atoms with E-state index in [2.05, 4.69) is 0 Å². The first-order valence-electron chi connectivity index (χ1n) is 10.8. The highest BCUT2D eigenvalue weighted by Gasteiger charge is 2.24. The topological polar surface area (TPSA) is 74.8 Å². The predicted molar refractivity (Wildman–Crippen MR) is 123 cm³/mol. The Morgan fingerprint density at radius 2 is 1.71 bits per heavy atom. The summed E-state index contributed by atoms with van der Waals surface area (Å²) in [6.45, 7) is 5.58. The molecule has 0 unspecified atom stereocenters. The van der Waals surface area contributed by atoms with Gasteiger partial charge < -0.3 is 9.80 Å². The summed E-state index contributed by atoms with van der Waals surface area (Å²) in [4.78, 5) is 28.9.